The van der Waals surface area contributed by atoms with Crippen molar-refractivity contribution in [2.45, 2.75) is 25.2 Å². The predicted molar refractivity (Wildman–Crippen MR) is 96.6 cm³/mol. The molecule has 0 unspecified atom stereocenters. The number of esters is 1. The second-order valence-electron chi connectivity index (χ2n) is 5.90. The highest BCUT2D eigenvalue weighted by Crippen LogP contribution is 2.17. The van der Waals surface area contributed by atoms with Gasteiger partial charge in [-0.25, -0.2) is 17.5 Å². The van der Waals surface area contributed by atoms with E-state index >= 15 is 0 Å². The largest absolute Gasteiger partial charge is 0.466 e. The minimum Gasteiger partial charge on any atom is -0.466 e. The first-order valence-electron chi connectivity index (χ1n) is 8.30. The van der Waals surface area contributed by atoms with E-state index in [9.17, 15) is 17.6 Å². The Morgan fingerprint density at radius 2 is 1.88 bits per heavy atom. The second-order valence-corrected chi connectivity index (χ2v) is 7.64. The lowest BCUT2D eigenvalue weighted by atomic mass is 10.00. The van der Waals surface area contributed by atoms with Gasteiger partial charge in [0, 0.05) is 6.54 Å². The third-order valence-corrected chi connectivity index (χ3v) is 5.47. The number of carbonyl (C=O) groups excluding carboxylic acids is 1. The molecule has 2 aromatic rings. The smallest absolute Gasteiger partial charge is 0.310 e. The molecule has 0 bridgehead atoms. The zero-order chi connectivity index (χ0) is 19.2. The number of carbonyl (C=O) groups is 1. The van der Waals surface area contributed by atoms with Crippen LogP contribution in [0.1, 0.15) is 18.1 Å². The molecule has 1 atom stereocenters. The molecular weight excluding hydrogens is 357 g/mol. The van der Waals surface area contributed by atoms with Gasteiger partial charge in [-0.05, 0) is 49.6 Å². The van der Waals surface area contributed by atoms with E-state index in [1.807, 2.05) is 30.3 Å². The topological polar surface area (TPSA) is 72.5 Å². The van der Waals surface area contributed by atoms with E-state index < -0.39 is 27.7 Å². The summed E-state index contributed by atoms with van der Waals surface area (Å²) in [5.41, 5.74) is 1.20. The number of benzene rings is 2. The molecule has 0 aliphatic heterocycles. The van der Waals surface area contributed by atoms with E-state index in [0.717, 1.165) is 17.7 Å². The predicted octanol–water partition coefficient (Wildman–Crippen LogP) is 2.83. The van der Waals surface area contributed by atoms with Crippen LogP contribution in [0.15, 0.2) is 53.4 Å². The van der Waals surface area contributed by atoms with Crippen molar-refractivity contribution < 1.29 is 22.3 Å². The molecule has 7 heteroatoms. The van der Waals surface area contributed by atoms with Crippen molar-refractivity contribution in [1.82, 2.24) is 4.72 Å². The SMILES string of the molecule is CCOC(=O)[C@@H](CNS(=O)(=O)c1ccc(F)cc1C)Cc1ccccc1. The Balaban J connectivity index is 2.15. The summed E-state index contributed by atoms with van der Waals surface area (Å²) in [6.45, 7) is 3.33. The van der Waals surface area contributed by atoms with Gasteiger partial charge < -0.3 is 4.74 Å². The van der Waals surface area contributed by atoms with Gasteiger partial charge in [0.05, 0.1) is 17.4 Å². The number of hydrogen-bond donors (Lipinski definition) is 1. The summed E-state index contributed by atoms with van der Waals surface area (Å²) < 4.78 is 45.7. The molecule has 140 valence electrons. The number of sulfonamides is 1. The van der Waals surface area contributed by atoms with Crippen LogP contribution in [0.5, 0.6) is 0 Å². The number of halogens is 1. The van der Waals surface area contributed by atoms with E-state index in [1.165, 1.54) is 13.0 Å². The fraction of sp³-hybridized carbons (Fsp3) is 0.316. The van der Waals surface area contributed by atoms with Crippen LogP contribution in [0.25, 0.3) is 0 Å². The Morgan fingerprint density at radius 3 is 2.50 bits per heavy atom. The average Bonchev–Trinajstić information content (AvgIpc) is 2.59. The van der Waals surface area contributed by atoms with Gasteiger partial charge in [0.25, 0.3) is 0 Å². The lowest BCUT2D eigenvalue weighted by Gasteiger charge is -2.17. The Kier molecular flexibility index (Phi) is 6.88. The summed E-state index contributed by atoms with van der Waals surface area (Å²) in [5.74, 6) is -1.63. The van der Waals surface area contributed by atoms with Crippen LogP contribution in [0.3, 0.4) is 0 Å². The molecule has 2 rings (SSSR count). The van der Waals surface area contributed by atoms with Crippen LogP contribution in [-0.2, 0) is 26.0 Å². The van der Waals surface area contributed by atoms with Crippen molar-refractivity contribution in [3.8, 4) is 0 Å². The van der Waals surface area contributed by atoms with Gasteiger partial charge in [-0.3, -0.25) is 4.79 Å². The molecule has 26 heavy (non-hydrogen) atoms. The summed E-state index contributed by atoms with van der Waals surface area (Å²) in [5, 5.41) is 0. The summed E-state index contributed by atoms with van der Waals surface area (Å²) in [7, 11) is -3.87. The standard InChI is InChI=1S/C19H22FNO4S/c1-3-25-19(22)16(12-15-7-5-4-6-8-15)13-21-26(23,24)18-10-9-17(20)11-14(18)2/h4-11,16,21H,3,12-13H2,1-2H3/t16-/m1/s1. The molecule has 1 N–H and O–H groups in total. The first-order chi connectivity index (χ1) is 12.3. The fourth-order valence-electron chi connectivity index (χ4n) is 2.60. The van der Waals surface area contributed by atoms with Gasteiger partial charge in [-0.1, -0.05) is 30.3 Å². The summed E-state index contributed by atoms with van der Waals surface area (Å²) in [4.78, 5) is 12.2. The van der Waals surface area contributed by atoms with Gasteiger partial charge in [0.15, 0.2) is 0 Å². The molecule has 0 amide bonds. The zero-order valence-electron chi connectivity index (χ0n) is 14.7. The molecule has 0 saturated carbocycles. The fourth-order valence-corrected chi connectivity index (χ4v) is 3.91. The molecule has 0 heterocycles. The minimum atomic E-state index is -3.87. The van der Waals surface area contributed by atoms with Crippen LogP contribution in [0, 0.1) is 18.7 Å². The van der Waals surface area contributed by atoms with Crippen LogP contribution >= 0.6 is 0 Å². The van der Waals surface area contributed by atoms with E-state index in [-0.39, 0.29) is 18.0 Å². The third-order valence-electron chi connectivity index (χ3n) is 3.89. The number of aryl methyl sites for hydroxylation is 1. The molecular formula is C19H22FNO4S. The number of hydrogen-bond acceptors (Lipinski definition) is 4. The van der Waals surface area contributed by atoms with E-state index in [4.69, 9.17) is 4.74 Å². The summed E-state index contributed by atoms with van der Waals surface area (Å²) >= 11 is 0. The zero-order valence-corrected chi connectivity index (χ0v) is 15.6. The Bertz CT molecular complexity index is 853. The lowest BCUT2D eigenvalue weighted by Crippen LogP contribution is -2.35. The molecule has 0 fully saturated rings. The average molecular weight is 379 g/mol. The number of rotatable bonds is 8. The maximum atomic E-state index is 13.2. The summed E-state index contributed by atoms with van der Waals surface area (Å²) in [6.07, 6.45) is 0.352. The van der Waals surface area contributed by atoms with Crippen molar-refractivity contribution in [2.75, 3.05) is 13.2 Å². The molecule has 0 saturated heterocycles. The van der Waals surface area contributed by atoms with Gasteiger partial charge in [0.1, 0.15) is 5.82 Å². The van der Waals surface area contributed by atoms with Crippen LogP contribution in [0.4, 0.5) is 4.39 Å². The molecule has 2 aromatic carbocycles. The normalized spacial score (nSPS) is 12.6. The highest BCUT2D eigenvalue weighted by Gasteiger charge is 2.24. The number of ether oxygens (including phenoxy) is 1. The van der Waals surface area contributed by atoms with E-state index in [0.29, 0.717) is 12.0 Å². The number of nitrogens with one attached hydrogen (secondary N) is 1. The van der Waals surface area contributed by atoms with Gasteiger partial charge >= 0.3 is 5.97 Å². The first kappa shape index (κ1) is 20.1. The monoisotopic (exact) mass is 379 g/mol. The van der Waals surface area contributed by atoms with E-state index in [1.54, 1.807) is 6.92 Å². The maximum Gasteiger partial charge on any atom is 0.310 e. The lowest BCUT2D eigenvalue weighted by molar-refractivity contribution is -0.147. The van der Waals surface area contributed by atoms with Crippen molar-refractivity contribution in [2.24, 2.45) is 5.92 Å². The van der Waals surface area contributed by atoms with Crippen molar-refractivity contribution in [3.05, 3.63) is 65.5 Å². The van der Waals surface area contributed by atoms with E-state index in [2.05, 4.69) is 4.72 Å². The highest BCUT2D eigenvalue weighted by molar-refractivity contribution is 7.89. The minimum absolute atomic E-state index is 0.0128. The van der Waals surface area contributed by atoms with Crippen molar-refractivity contribution in [1.29, 1.82) is 0 Å². The Hall–Kier alpha value is -2.25. The highest BCUT2D eigenvalue weighted by atomic mass is 32.2. The summed E-state index contributed by atoms with van der Waals surface area (Å²) in [6, 6.07) is 12.8. The second kappa shape index (κ2) is 8.91. The molecule has 0 aliphatic carbocycles. The van der Waals surface area contributed by atoms with Gasteiger partial charge in [-0.15, -0.1) is 0 Å². The molecule has 5 nitrogen and oxygen atoms in total. The molecule has 0 aromatic heterocycles. The van der Waals surface area contributed by atoms with Crippen LogP contribution in [-0.4, -0.2) is 27.5 Å². The quantitative estimate of drug-likeness (QED) is 0.716. The van der Waals surface area contributed by atoms with Gasteiger partial charge in [-0.2, -0.15) is 0 Å². The Labute approximate surface area is 153 Å². The molecule has 0 aliphatic rings. The van der Waals surface area contributed by atoms with Gasteiger partial charge in [0.2, 0.25) is 10.0 Å². The van der Waals surface area contributed by atoms with Crippen molar-refractivity contribution in [3.63, 3.8) is 0 Å². The van der Waals surface area contributed by atoms with Crippen LogP contribution in [0.2, 0.25) is 0 Å². The molecule has 0 radical (unpaired) electrons. The third kappa shape index (κ3) is 5.37. The van der Waals surface area contributed by atoms with Crippen LogP contribution < -0.4 is 4.72 Å². The Morgan fingerprint density at radius 1 is 1.19 bits per heavy atom. The first-order valence-corrected chi connectivity index (χ1v) is 9.78. The molecule has 0 spiro atoms. The van der Waals surface area contributed by atoms with Crippen molar-refractivity contribution >= 4 is 16.0 Å². The maximum absolute atomic E-state index is 13.2.